The summed E-state index contributed by atoms with van der Waals surface area (Å²) in [6, 6.07) is 1.42. The predicted octanol–water partition coefficient (Wildman–Crippen LogP) is 1.69. The number of nitrogens with one attached hydrogen (secondary N) is 1. The molecule has 2 rings (SSSR count). The normalized spacial score (nSPS) is 11.0. The lowest BCUT2D eigenvalue weighted by Crippen LogP contribution is -2.00. The molecule has 0 atom stereocenters. The van der Waals surface area contributed by atoms with Gasteiger partial charge in [0.15, 0.2) is 5.69 Å². The van der Waals surface area contributed by atoms with E-state index in [0.717, 1.165) is 17.0 Å². The molecule has 6 nitrogen and oxygen atoms in total. The number of aromatic nitrogens is 4. The highest BCUT2D eigenvalue weighted by Gasteiger charge is 2.05. The van der Waals surface area contributed by atoms with Crippen molar-refractivity contribution in [2.45, 2.75) is 13.8 Å². The zero-order chi connectivity index (χ0) is 13.1. The van der Waals surface area contributed by atoms with Crippen molar-refractivity contribution in [1.82, 2.24) is 20.2 Å². The minimum absolute atomic E-state index is 0.0229. The standard InChI is InChI=1S/C12H12N4O2/c1-7-10(8(2)16-15-7)4-3-9-5-11(12(17)18)14-6-13-9/h3-6H,1-2H3,(H,15,16)(H,17,18). The largest absolute Gasteiger partial charge is 0.477 e. The van der Waals surface area contributed by atoms with Crippen LogP contribution < -0.4 is 0 Å². The molecule has 0 aromatic carbocycles. The van der Waals surface area contributed by atoms with Crippen molar-refractivity contribution < 1.29 is 9.90 Å². The molecule has 92 valence electrons. The lowest BCUT2D eigenvalue weighted by atomic mass is 10.1. The van der Waals surface area contributed by atoms with Gasteiger partial charge in [-0.2, -0.15) is 5.10 Å². The second-order valence-electron chi connectivity index (χ2n) is 3.81. The Morgan fingerprint density at radius 1 is 1.33 bits per heavy atom. The second kappa shape index (κ2) is 4.79. The highest BCUT2D eigenvalue weighted by atomic mass is 16.4. The lowest BCUT2D eigenvalue weighted by molar-refractivity contribution is 0.0690. The predicted molar refractivity (Wildman–Crippen MR) is 66.0 cm³/mol. The molecule has 2 aromatic heterocycles. The first-order valence-corrected chi connectivity index (χ1v) is 5.33. The molecule has 0 aliphatic carbocycles. The van der Waals surface area contributed by atoms with Gasteiger partial charge in [-0.3, -0.25) is 5.10 Å². The monoisotopic (exact) mass is 244 g/mol. The first kappa shape index (κ1) is 12.0. The molecule has 0 unspecified atom stereocenters. The minimum Gasteiger partial charge on any atom is -0.477 e. The van der Waals surface area contributed by atoms with Gasteiger partial charge in [-0.15, -0.1) is 0 Å². The Balaban J connectivity index is 2.29. The Labute approximate surface area is 103 Å². The summed E-state index contributed by atoms with van der Waals surface area (Å²) in [5.41, 5.74) is 3.34. The van der Waals surface area contributed by atoms with Gasteiger partial charge >= 0.3 is 5.97 Å². The second-order valence-corrected chi connectivity index (χ2v) is 3.81. The Morgan fingerprint density at radius 3 is 2.72 bits per heavy atom. The number of nitrogens with zero attached hydrogens (tertiary/aromatic N) is 3. The average molecular weight is 244 g/mol. The van der Waals surface area contributed by atoms with Crippen LogP contribution in [0.25, 0.3) is 12.2 Å². The van der Waals surface area contributed by atoms with E-state index in [9.17, 15) is 4.79 Å². The third-order valence-electron chi connectivity index (χ3n) is 2.51. The fraction of sp³-hybridized carbons (Fsp3) is 0.167. The van der Waals surface area contributed by atoms with Gasteiger partial charge in [-0.1, -0.05) is 0 Å². The summed E-state index contributed by atoms with van der Waals surface area (Å²) in [7, 11) is 0. The molecule has 0 radical (unpaired) electrons. The molecule has 0 fully saturated rings. The van der Waals surface area contributed by atoms with Gasteiger partial charge in [0.25, 0.3) is 0 Å². The maximum absolute atomic E-state index is 10.8. The number of rotatable bonds is 3. The maximum Gasteiger partial charge on any atom is 0.354 e. The highest BCUT2D eigenvalue weighted by molar-refractivity contribution is 5.86. The molecule has 0 bridgehead atoms. The van der Waals surface area contributed by atoms with Crippen LogP contribution in [0.5, 0.6) is 0 Å². The van der Waals surface area contributed by atoms with Gasteiger partial charge in [0.05, 0.1) is 11.4 Å². The van der Waals surface area contributed by atoms with Crippen molar-refractivity contribution in [3.8, 4) is 0 Å². The van der Waals surface area contributed by atoms with E-state index in [0.29, 0.717) is 5.69 Å². The topological polar surface area (TPSA) is 91.8 Å². The molecule has 2 N–H and O–H groups in total. The number of carboxylic acids is 1. The highest BCUT2D eigenvalue weighted by Crippen LogP contribution is 2.13. The number of aromatic amines is 1. The van der Waals surface area contributed by atoms with Crippen LogP contribution in [0.4, 0.5) is 0 Å². The Bertz CT molecular complexity index is 597. The molecule has 2 heterocycles. The van der Waals surface area contributed by atoms with E-state index >= 15 is 0 Å². The van der Waals surface area contributed by atoms with Crippen molar-refractivity contribution in [2.24, 2.45) is 0 Å². The summed E-state index contributed by atoms with van der Waals surface area (Å²) < 4.78 is 0. The molecule has 0 aliphatic rings. The summed E-state index contributed by atoms with van der Waals surface area (Å²) in [4.78, 5) is 18.4. The van der Waals surface area contributed by atoms with Crippen molar-refractivity contribution in [3.05, 3.63) is 40.7 Å². The van der Waals surface area contributed by atoms with Gasteiger partial charge in [0.2, 0.25) is 0 Å². The van der Waals surface area contributed by atoms with Crippen molar-refractivity contribution >= 4 is 18.1 Å². The van der Waals surface area contributed by atoms with E-state index in [1.807, 2.05) is 19.9 Å². The summed E-state index contributed by atoms with van der Waals surface area (Å²) in [6.07, 6.45) is 4.82. The smallest absolute Gasteiger partial charge is 0.354 e. The summed E-state index contributed by atoms with van der Waals surface area (Å²) >= 11 is 0. The van der Waals surface area contributed by atoms with Gasteiger partial charge in [0, 0.05) is 11.3 Å². The maximum atomic E-state index is 10.8. The Kier molecular flexibility index (Phi) is 3.18. The van der Waals surface area contributed by atoms with Crippen LogP contribution in [-0.4, -0.2) is 31.2 Å². The van der Waals surface area contributed by atoms with Crippen LogP contribution >= 0.6 is 0 Å². The van der Waals surface area contributed by atoms with Crippen molar-refractivity contribution in [1.29, 1.82) is 0 Å². The zero-order valence-corrected chi connectivity index (χ0v) is 10.0. The molecule has 0 saturated heterocycles. The third kappa shape index (κ3) is 2.42. The van der Waals surface area contributed by atoms with Crippen LogP contribution in [0.3, 0.4) is 0 Å². The lowest BCUT2D eigenvalue weighted by Gasteiger charge is -1.96. The molecule has 6 heteroatoms. The third-order valence-corrected chi connectivity index (χ3v) is 2.51. The van der Waals surface area contributed by atoms with E-state index in [4.69, 9.17) is 5.11 Å². The molecule has 0 spiro atoms. The first-order chi connectivity index (χ1) is 8.58. The average Bonchev–Trinajstić information content (AvgIpc) is 2.67. The number of hydrogen-bond donors (Lipinski definition) is 2. The molecule has 2 aromatic rings. The van der Waals surface area contributed by atoms with Crippen molar-refractivity contribution in [3.63, 3.8) is 0 Å². The van der Waals surface area contributed by atoms with E-state index in [-0.39, 0.29) is 5.69 Å². The summed E-state index contributed by atoms with van der Waals surface area (Å²) in [5.74, 6) is -1.07. The Morgan fingerprint density at radius 2 is 2.11 bits per heavy atom. The SMILES string of the molecule is Cc1n[nH]c(C)c1C=Cc1cc(C(=O)O)ncn1. The first-order valence-electron chi connectivity index (χ1n) is 5.33. The number of carbonyl (C=O) groups is 1. The quantitative estimate of drug-likeness (QED) is 0.857. The summed E-state index contributed by atoms with van der Waals surface area (Å²) in [6.45, 7) is 3.81. The molecule has 0 aliphatic heterocycles. The number of aryl methyl sites for hydroxylation is 2. The number of H-pyrrole nitrogens is 1. The molecule has 18 heavy (non-hydrogen) atoms. The number of aromatic carboxylic acids is 1. The molecular weight excluding hydrogens is 232 g/mol. The fourth-order valence-electron chi connectivity index (χ4n) is 1.55. The zero-order valence-electron chi connectivity index (χ0n) is 10.0. The minimum atomic E-state index is -1.07. The summed E-state index contributed by atoms with van der Waals surface area (Å²) in [5, 5.41) is 15.8. The van der Waals surface area contributed by atoms with Gasteiger partial charge in [-0.05, 0) is 32.1 Å². The molecule has 0 amide bonds. The van der Waals surface area contributed by atoms with Crippen LogP contribution in [0.1, 0.15) is 33.1 Å². The Hall–Kier alpha value is -2.50. The van der Waals surface area contributed by atoms with Crippen LogP contribution in [0.2, 0.25) is 0 Å². The van der Waals surface area contributed by atoms with E-state index in [2.05, 4.69) is 20.2 Å². The van der Waals surface area contributed by atoms with Crippen molar-refractivity contribution in [2.75, 3.05) is 0 Å². The van der Waals surface area contributed by atoms with Crippen LogP contribution in [-0.2, 0) is 0 Å². The van der Waals surface area contributed by atoms with Gasteiger partial charge in [0.1, 0.15) is 6.33 Å². The van der Waals surface area contributed by atoms with Crippen LogP contribution in [0, 0.1) is 13.8 Å². The van der Waals surface area contributed by atoms with Gasteiger partial charge in [-0.25, -0.2) is 14.8 Å². The molecular formula is C12H12N4O2. The van der Waals surface area contributed by atoms with E-state index < -0.39 is 5.97 Å². The molecule has 0 saturated carbocycles. The van der Waals surface area contributed by atoms with E-state index in [1.54, 1.807) is 6.08 Å². The number of hydrogen-bond acceptors (Lipinski definition) is 4. The van der Waals surface area contributed by atoms with Crippen LogP contribution in [0.15, 0.2) is 12.4 Å². The van der Waals surface area contributed by atoms with Gasteiger partial charge < -0.3 is 5.11 Å². The van der Waals surface area contributed by atoms with E-state index in [1.165, 1.54) is 12.4 Å². The fourth-order valence-corrected chi connectivity index (χ4v) is 1.55. The number of carboxylic acid groups (broad SMARTS) is 1.